The zero-order valence-corrected chi connectivity index (χ0v) is 22.0. The van der Waals surface area contributed by atoms with Gasteiger partial charge in [0.25, 0.3) is 0 Å². The molecule has 0 saturated heterocycles. The maximum atomic E-state index is 17.2. The Bertz CT molecular complexity index is 1170. The van der Waals surface area contributed by atoms with E-state index in [4.69, 9.17) is 0 Å². The number of aliphatic hydroxyl groups excluding tert-OH is 1. The molecule has 3 fully saturated rings. The predicted octanol–water partition coefficient (Wildman–Crippen LogP) is 5.02. The summed E-state index contributed by atoms with van der Waals surface area (Å²) in [4.78, 5) is 25.7. The molecule has 1 aromatic carbocycles. The molecule has 4 aliphatic rings. The summed E-state index contributed by atoms with van der Waals surface area (Å²) >= 11 is 0. The van der Waals surface area contributed by atoms with Crippen LogP contribution in [0, 0.1) is 28.6 Å². The van der Waals surface area contributed by atoms with Crippen molar-refractivity contribution in [3.63, 3.8) is 0 Å². The minimum atomic E-state index is -1.97. The van der Waals surface area contributed by atoms with Gasteiger partial charge in [-0.3, -0.25) is 9.59 Å². The number of allylic oxidation sites excluding steroid dienone is 4. The van der Waals surface area contributed by atoms with Gasteiger partial charge in [0.15, 0.2) is 17.2 Å². The lowest BCUT2D eigenvalue weighted by molar-refractivity contribution is -0.218. The summed E-state index contributed by atoms with van der Waals surface area (Å²) < 4.78 is 17.2. The highest BCUT2D eigenvalue weighted by atomic mass is 19.1. The number of aromatic hydroxyl groups is 1. The summed E-state index contributed by atoms with van der Waals surface area (Å²) in [6.07, 6.45) is 6.87. The van der Waals surface area contributed by atoms with Gasteiger partial charge in [-0.15, -0.1) is 0 Å². The van der Waals surface area contributed by atoms with Crippen LogP contribution in [0.1, 0.15) is 71.3 Å². The van der Waals surface area contributed by atoms with E-state index in [9.17, 15) is 24.9 Å². The number of carbonyl (C=O) groups is 2. The van der Waals surface area contributed by atoms with Gasteiger partial charge in [-0.1, -0.05) is 43.7 Å². The average molecular weight is 511 g/mol. The number of Topliss-reactive ketones (excluding diaryl/α,β-unsaturated/α-hetero) is 1. The minimum Gasteiger partial charge on any atom is -0.508 e. The molecule has 3 saturated carbocycles. The molecule has 8 atom stereocenters. The van der Waals surface area contributed by atoms with Crippen LogP contribution in [0.4, 0.5) is 4.39 Å². The first-order chi connectivity index (χ1) is 17.4. The van der Waals surface area contributed by atoms with Crippen molar-refractivity contribution in [1.82, 2.24) is 0 Å². The highest BCUT2D eigenvalue weighted by Gasteiger charge is 2.75. The molecule has 5 rings (SSSR count). The smallest absolute Gasteiger partial charge is 0.178 e. The first-order valence-electron chi connectivity index (χ1n) is 13.7. The number of aliphatic hydroxyl groups is 2. The van der Waals surface area contributed by atoms with Gasteiger partial charge in [0.1, 0.15) is 11.4 Å². The molecular formula is C31H39FO5. The molecule has 0 aliphatic heterocycles. The lowest BCUT2D eigenvalue weighted by atomic mass is 9.44. The number of ketones is 2. The van der Waals surface area contributed by atoms with Crippen LogP contribution >= 0.6 is 0 Å². The number of halogens is 1. The zero-order chi connectivity index (χ0) is 26.8. The monoisotopic (exact) mass is 510 g/mol. The number of alkyl halides is 1. The van der Waals surface area contributed by atoms with Gasteiger partial charge in [0.05, 0.1) is 6.10 Å². The van der Waals surface area contributed by atoms with Gasteiger partial charge in [-0.25, -0.2) is 4.39 Å². The van der Waals surface area contributed by atoms with Crippen LogP contribution in [0.15, 0.2) is 48.1 Å². The van der Waals surface area contributed by atoms with E-state index < -0.39 is 34.1 Å². The van der Waals surface area contributed by atoms with Crippen molar-refractivity contribution in [2.24, 2.45) is 28.6 Å². The molecule has 6 heteroatoms. The number of rotatable bonds is 6. The Morgan fingerprint density at radius 2 is 1.89 bits per heavy atom. The molecule has 5 nitrogen and oxygen atoms in total. The van der Waals surface area contributed by atoms with Crippen LogP contribution in [0.3, 0.4) is 0 Å². The summed E-state index contributed by atoms with van der Waals surface area (Å²) in [5, 5.41) is 33.5. The van der Waals surface area contributed by atoms with Crippen LogP contribution in [-0.2, 0) is 16.0 Å². The van der Waals surface area contributed by atoms with Crippen LogP contribution in [-0.4, -0.2) is 44.3 Å². The predicted molar refractivity (Wildman–Crippen MR) is 139 cm³/mol. The molecule has 0 bridgehead atoms. The largest absolute Gasteiger partial charge is 0.508 e. The second-order valence-electron chi connectivity index (χ2n) is 12.4. The second kappa shape index (κ2) is 8.88. The van der Waals surface area contributed by atoms with Gasteiger partial charge in [-0.2, -0.15) is 0 Å². The van der Waals surface area contributed by atoms with Gasteiger partial charge in [0, 0.05) is 23.2 Å². The topological polar surface area (TPSA) is 94.8 Å². The van der Waals surface area contributed by atoms with Gasteiger partial charge >= 0.3 is 0 Å². The highest BCUT2D eigenvalue weighted by molar-refractivity contribution is 6.01. The number of aryl methyl sites for hydroxylation is 1. The first-order valence-corrected chi connectivity index (χ1v) is 13.7. The Kier molecular flexibility index (Phi) is 6.31. The van der Waals surface area contributed by atoms with Gasteiger partial charge in [0.2, 0.25) is 0 Å². The third-order valence-electron chi connectivity index (χ3n) is 10.7. The van der Waals surface area contributed by atoms with Crippen LogP contribution in [0.2, 0.25) is 0 Å². The van der Waals surface area contributed by atoms with Crippen LogP contribution < -0.4 is 0 Å². The number of hydrogen-bond acceptors (Lipinski definition) is 5. The maximum absolute atomic E-state index is 17.2. The Hall–Kier alpha value is -2.31. The second-order valence-corrected chi connectivity index (χ2v) is 12.4. The molecule has 3 N–H and O–H groups in total. The molecule has 0 aromatic heterocycles. The molecule has 37 heavy (non-hydrogen) atoms. The summed E-state index contributed by atoms with van der Waals surface area (Å²) in [7, 11) is 0. The van der Waals surface area contributed by atoms with Crippen molar-refractivity contribution in [3.05, 3.63) is 53.6 Å². The van der Waals surface area contributed by atoms with Crippen molar-refractivity contribution >= 4 is 11.6 Å². The number of phenols is 1. The van der Waals surface area contributed by atoms with Crippen LogP contribution in [0.25, 0.3) is 0 Å². The SMILES string of the molecule is C[C@@H]1C[C@H]2[C@@H]3CCC4=CC(=O)C=C[C@]4(C)[C@@]3(F)[C@@H](O)C[C@]2(C)[C@@]1(O)C(=O)CCCCc1ccccc1O. The fraction of sp³-hybridized carbons (Fsp3) is 0.613. The van der Waals surface area contributed by atoms with Gasteiger partial charge in [-0.05, 0) is 87.5 Å². The lowest BCUT2D eigenvalue weighted by Gasteiger charge is -2.62. The molecular weight excluding hydrogens is 471 g/mol. The number of phenolic OH excluding ortho intramolecular Hbond substituents is 1. The Morgan fingerprint density at radius 1 is 1.16 bits per heavy atom. The van der Waals surface area contributed by atoms with Crippen molar-refractivity contribution in [3.8, 4) is 5.75 Å². The Balaban J connectivity index is 1.37. The van der Waals surface area contributed by atoms with E-state index >= 15 is 4.39 Å². The lowest BCUT2D eigenvalue weighted by Crippen LogP contribution is -2.69. The number of hydrogen-bond donors (Lipinski definition) is 3. The number of unbranched alkanes of at least 4 members (excludes halogenated alkanes) is 1. The molecule has 0 spiro atoms. The summed E-state index contributed by atoms with van der Waals surface area (Å²) in [5.74, 6) is -1.26. The van der Waals surface area contributed by atoms with E-state index in [2.05, 4.69) is 0 Å². The molecule has 0 unspecified atom stereocenters. The highest BCUT2D eigenvalue weighted by Crippen LogP contribution is 2.70. The van der Waals surface area contributed by atoms with E-state index in [-0.39, 0.29) is 42.0 Å². The number of para-hydroxylation sites is 1. The Morgan fingerprint density at radius 3 is 2.62 bits per heavy atom. The third-order valence-corrected chi connectivity index (χ3v) is 10.7. The van der Waals surface area contributed by atoms with E-state index in [1.165, 1.54) is 12.2 Å². The summed E-state index contributed by atoms with van der Waals surface area (Å²) in [5.41, 5.74) is -4.06. The fourth-order valence-electron chi connectivity index (χ4n) is 8.65. The zero-order valence-electron chi connectivity index (χ0n) is 22.0. The van der Waals surface area contributed by atoms with Gasteiger partial charge < -0.3 is 15.3 Å². The molecule has 0 heterocycles. The molecule has 0 amide bonds. The van der Waals surface area contributed by atoms with E-state index in [1.54, 1.807) is 25.1 Å². The van der Waals surface area contributed by atoms with Crippen molar-refractivity contribution in [1.29, 1.82) is 0 Å². The Labute approximate surface area is 218 Å². The molecule has 4 aliphatic carbocycles. The van der Waals surface area contributed by atoms with Crippen molar-refractivity contribution in [2.75, 3.05) is 0 Å². The first kappa shape index (κ1) is 26.3. The fourth-order valence-corrected chi connectivity index (χ4v) is 8.65. The van der Waals surface area contributed by atoms with E-state index in [1.807, 2.05) is 26.0 Å². The maximum Gasteiger partial charge on any atom is 0.178 e. The quantitative estimate of drug-likeness (QED) is 0.467. The van der Waals surface area contributed by atoms with Crippen LogP contribution in [0.5, 0.6) is 5.75 Å². The normalized spacial score (nSPS) is 42.5. The summed E-state index contributed by atoms with van der Waals surface area (Å²) in [6.45, 7) is 5.53. The number of fused-ring (bicyclic) bond motifs is 5. The number of benzene rings is 1. The van der Waals surface area contributed by atoms with Crippen molar-refractivity contribution in [2.45, 2.75) is 89.5 Å². The van der Waals surface area contributed by atoms with Crippen molar-refractivity contribution < 1.29 is 29.3 Å². The molecule has 200 valence electrons. The standard InChI is InChI=1S/C31H39FO5/c1-19-16-24-23-13-12-21-17-22(33)14-15-28(21,2)30(23,32)27(36)18-29(24,3)31(19,37)26(35)11-7-5-9-20-8-4-6-10-25(20)34/h4,6,8,10,14-15,17,19,23-24,27,34,36-37H,5,7,9,11-13,16,18H2,1-3H3/t19-,23+,24+,27+,28+,29+,30+,31+/m1/s1. The summed E-state index contributed by atoms with van der Waals surface area (Å²) in [6, 6.07) is 7.16. The molecule has 1 aromatic rings. The third kappa shape index (κ3) is 3.55. The molecule has 0 radical (unpaired) electrons. The van der Waals surface area contributed by atoms with E-state index in [0.717, 1.165) is 11.1 Å². The minimum absolute atomic E-state index is 0.000208. The average Bonchev–Trinajstić information content (AvgIpc) is 3.05. The number of carbonyl (C=O) groups excluding carboxylic acids is 2. The van der Waals surface area contributed by atoms with E-state index in [0.29, 0.717) is 38.5 Å².